The van der Waals surface area contributed by atoms with E-state index in [1.165, 1.54) is 0 Å². The van der Waals surface area contributed by atoms with E-state index in [9.17, 15) is 4.79 Å². The number of halogens is 1. The Balaban J connectivity index is 1.55. The molecule has 2 N–H and O–H groups in total. The Bertz CT molecular complexity index is 965. The molecule has 1 amide bonds. The number of rotatable bonds is 6. The van der Waals surface area contributed by atoms with E-state index in [1.54, 1.807) is 36.4 Å². The van der Waals surface area contributed by atoms with Crippen LogP contribution in [0.5, 0.6) is 0 Å². The molecule has 3 rings (SSSR count). The maximum Gasteiger partial charge on any atom is 0.276 e. The first-order valence-corrected chi connectivity index (χ1v) is 8.66. The number of amides is 1. The number of carbonyl (C=O) groups is 1. The van der Waals surface area contributed by atoms with Crippen LogP contribution in [0.25, 0.3) is 0 Å². The van der Waals surface area contributed by atoms with Gasteiger partial charge in [0.1, 0.15) is 11.9 Å². The van der Waals surface area contributed by atoms with E-state index >= 15 is 0 Å². The van der Waals surface area contributed by atoms with Crippen LogP contribution < -0.4 is 10.6 Å². The smallest absolute Gasteiger partial charge is 0.276 e. The molecule has 0 atom stereocenters. The van der Waals surface area contributed by atoms with Crippen molar-refractivity contribution in [2.45, 2.75) is 6.42 Å². The molecule has 3 aromatic rings. The summed E-state index contributed by atoms with van der Waals surface area (Å²) >= 11 is 5.87. The minimum absolute atomic E-state index is 0.172. The van der Waals surface area contributed by atoms with E-state index in [2.05, 4.69) is 20.8 Å². The molecule has 27 heavy (non-hydrogen) atoms. The number of aromatic nitrogens is 2. The zero-order chi connectivity index (χ0) is 19.1. The van der Waals surface area contributed by atoms with E-state index in [4.69, 9.17) is 16.9 Å². The van der Waals surface area contributed by atoms with E-state index in [0.717, 1.165) is 12.0 Å². The summed E-state index contributed by atoms with van der Waals surface area (Å²) in [4.78, 5) is 12.3. The number of para-hydroxylation sites is 1. The molecular formula is C20H16ClN5O. The molecule has 0 unspecified atom stereocenters. The molecule has 0 radical (unpaired) electrons. The molecule has 6 nitrogen and oxygen atoms in total. The molecule has 7 heteroatoms. The Morgan fingerprint density at radius 3 is 2.52 bits per heavy atom. The van der Waals surface area contributed by atoms with Crippen LogP contribution in [0, 0.1) is 11.3 Å². The van der Waals surface area contributed by atoms with Gasteiger partial charge in [-0.3, -0.25) is 4.79 Å². The van der Waals surface area contributed by atoms with Gasteiger partial charge in [0.05, 0.1) is 11.3 Å². The molecule has 0 aliphatic heterocycles. The maximum absolute atomic E-state index is 12.3. The van der Waals surface area contributed by atoms with Crippen LogP contribution in [0.3, 0.4) is 0 Å². The summed E-state index contributed by atoms with van der Waals surface area (Å²) in [5.41, 5.74) is 2.16. The van der Waals surface area contributed by atoms with Gasteiger partial charge in [-0.05, 0) is 48.4 Å². The van der Waals surface area contributed by atoms with E-state index in [-0.39, 0.29) is 5.69 Å². The fourth-order valence-corrected chi connectivity index (χ4v) is 2.54. The molecule has 0 spiro atoms. The Kier molecular flexibility index (Phi) is 5.98. The van der Waals surface area contributed by atoms with E-state index in [0.29, 0.717) is 28.6 Å². The standard InChI is InChI=1S/C20H16ClN5O/c21-16-7-5-14(6-8-16)11-12-23-19-10-9-18(25-26-19)20(27)24-17-4-2-1-3-15(17)13-22/h1-10H,11-12H2,(H,23,26)(H,24,27). The van der Waals surface area contributed by atoms with Crippen molar-refractivity contribution in [3.05, 3.63) is 82.5 Å². The number of hydrogen-bond donors (Lipinski definition) is 2. The highest BCUT2D eigenvalue weighted by Crippen LogP contribution is 2.15. The van der Waals surface area contributed by atoms with Crippen molar-refractivity contribution in [3.63, 3.8) is 0 Å². The lowest BCUT2D eigenvalue weighted by atomic mass is 10.1. The number of hydrogen-bond acceptors (Lipinski definition) is 5. The first kappa shape index (κ1) is 18.4. The normalized spacial score (nSPS) is 10.1. The molecule has 1 aromatic heterocycles. The molecule has 0 aliphatic carbocycles. The molecule has 0 saturated carbocycles. The summed E-state index contributed by atoms with van der Waals surface area (Å²) in [6.07, 6.45) is 0.812. The molecule has 0 aliphatic rings. The number of nitrogens with zero attached hydrogens (tertiary/aromatic N) is 3. The maximum atomic E-state index is 12.3. The zero-order valence-corrected chi connectivity index (χ0v) is 15.1. The number of anilines is 2. The van der Waals surface area contributed by atoms with E-state index < -0.39 is 5.91 Å². The van der Waals surface area contributed by atoms with Crippen LogP contribution in [0.2, 0.25) is 5.02 Å². The topological polar surface area (TPSA) is 90.7 Å². The summed E-state index contributed by atoms with van der Waals surface area (Å²) in [7, 11) is 0. The number of nitriles is 1. The SMILES string of the molecule is N#Cc1ccccc1NC(=O)c1ccc(NCCc2ccc(Cl)cc2)nn1. The second-order valence-corrected chi connectivity index (χ2v) is 6.16. The van der Waals surface area contributed by atoms with Gasteiger partial charge in [-0.2, -0.15) is 5.26 Å². The molecule has 0 saturated heterocycles. The van der Waals surface area contributed by atoms with Gasteiger partial charge in [0.15, 0.2) is 5.69 Å². The Morgan fingerprint density at radius 2 is 1.81 bits per heavy atom. The first-order valence-electron chi connectivity index (χ1n) is 8.28. The Labute approximate surface area is 161 Å². The largest absolute Gasteiger partial charge is 0.368 e. The highest BCUT2D eigenvalue weighted by atomic mass is 35.5. The predicted molar refractivity (Wildman–Crippen MR) is 105 cm³/mol. The van der Waals surface area contributed by atoms with Gasteiger partial charge in [0.25, 0.3) is 5.91 Å². The molecule has 0 bridgehead atoms. The van der Waals surface area contributed by atoms with Gasteiger partial charge < -0.3 is 10.6 Å². The van der Waals surface area contributed by atoms with Crippen molar-refractivity contribution < 1.29 is 4.79 Å². The minimum atomic E-state index is -0.419. The minimum Gasteiger partial charge on any atom is -0.368 e. The quantitative estimate of drug-likeness (QED) is 0.679. The summed E-state index contributed by atoms with van der Waals surface area (Å²) in [5, 5.41) is 23.6. The van der Waals surface area contributed by atoms with Crippen LogP contribution in [0.1, 0.15) is 21.6 Å². The third-order valence-electron chi connectivity index (χ3n) is 3.83. The molecule has 134 valence electrons. The molecular weight excluding hydrogens is 362 g/mol. The van der Waals surface area contributed by atoms with Crippen molar-refractivity contribution in [2.24, 2.45) is 0 Å². The lowest BCUT2D eigenvalue weighted by Crippen LogP contribution is -2.16. The van der Waals surface area contributed by atoms with Crippen molar-refractivity contribution in [1.29, 1.82) is 5.26 Å². The van der Waals surface area contributed by atoms with Crippen molar-refractivity contribution in [3.8, 4) is 6.07 Å². The fraction of sp³-hybridized carbons (Fsp3) is 0.100. The lowest BCUT2D eigenvalue weighted by molar-refractivity contribution is 0.102. The Hall–Kier alpha value is -3.43. The number of nitrogens with one attached hydrogen (secondary N) is 2. The molecule has 0 fully saturated rings. The number of benzene rings is 2. The monoisotopic (exact) mass is 377 g/mol. The summed E-state index contributed by atoms with van der Waals surface area (Å²) < 4.78 is 0. The van der Waals surface area contributed by atoms with E-state index in [1.807, 2.05) is 30.3 Å². The Morgan fingerprint density at radius 1 is 1.04 bits per heavy atom. The molecule has 1 heterocycles. The highest BCUT2D eigenvalue weighted by molar-refractivity contribution is 6.30. The van der Waals surface area contributed by atoms with Gasteiger partial charge in [-0.25, -0.2) is 0 Å². The second-order valence-electron chi connectivity index (χ2n) is 5.72. The average molecular weight is 378 g/mol. The van der Waals surface area contributed by atoms with Gasteiger partial charge in [0.2, 0.25) is 0 Å². The summed E-state index contributed by atoms with van der Waals surface area (Å²) in [5.74, 6) is 0.163. The lowest BCUT2D eigenvalue weighted by Gasteiger charge is -2.07. The highest BCUT2D eigenvalue weighted by Gasteiger charge is 2.11. The second kappa shape index (κ2) is 8.79. The average Bonchev–Trinajstić information content (AvgIpc) is 2.70. The van der Waals surface area contributed by atoms with Crippen LogP contribution in [0.4, 0.5) is 11.5 Å². The van der Waals surface area contributed by atoms with Crippen LogP contribution in [-0.4, -0.2) is 22.6 Å². The van der Waals surface area contributed by atoms with Gasteiger partial charge in [0, 0.05) is 11.6 Å². The molecule has 2 aromatic carbocycles. The fourth-order valence-electron chi connectivity index (χ4n) is 2.41. The third kappa shape index (κ3) is 5.03. The predicted octanol–water partition coefficient (Wildman–Crippen LogP) is 3.91. The van der Waals surface area contributed by atoms with Crippen LogP contribution in [-0.2, 0) is 6.42 Å². The van der Waals surface area contributed by atoms with Crippen molar-refractivity contribution in [2.75, 3.05) is 17.2 Å². The van der Waals surface area contributed by atoms with Gasteiger partial charge in [-0.15, -0.1) is 10.2 Å². The van der Waals surface area contributed by atoms with Crippen molar-refractivity contribution in [1.82, 2.24) is 10.2 Å². The van der Waals surface area contributed by atoms with Crippen LogP contribution >= 0.6 is 11.6 Å². The summed E-state index contributed by atoms with van der Waals surface area (Å²) in [6.45, 7) is 0.678. The first-order chi connectivity index (χ1) is 13.2. The van der Waals surface area contributed by atoms with Gasteiger partial charge >= 0.3 is 0 Å². The summed E-state index contributed by atoms with van der Waals surface area (Å²) in [6, 6.07) is 19.8. The number of carbonyl (C=O) groups excluding carboxylic acids is 1. The van der Waals surface area contributed by atoms with Gasteiger partial charge in [-0.1, -0.05) is 35.9 Å². The third-order valence-corrected chi connectivity index (χ3v) is 4.08. The zero-order valence-electron chi connectivity index (χ0n) is 14.3. The van der Waals surface area contributed by atoms with Crippen LogP contribution in [0.15, 0.2) is 60.7 Å². The van der Waals surface area contributed by atoms with Crippen molar-refractivity contribution >= 4 is 29.0 Å².